The second-order valence-electron chi connectivity index (χ2n) is 4.27. The number of nitrogens with zero attached hydrogens (tertiary/aromatic N) is 1. The molecular weight excluding hydrogens is 227 g/mol. The van der Waals surface area contributed by atoms with Crippen LogP contribution in [-0.2, 0) is 0 Å². The average molecular weight is 239 g/mol. The van der Waals surface area contributed by atoms with E-state index in [9.17, 15) is 4.39 Å². The summed E-state index contributed by atoms with van der Waals surface area (Å²) in [5, 5.41) is 9.21. The topological polar surface area (TPSA) is 49.8 Å². The fraction of sp³-hybridized carbons (Fsp3) is 0.417. The molecule has 0 aliphatic heterocycles. The van der Waals surface area contributed by atoms with Crippen LogP contribution >= 0.6 is 11.6 Å². The molecule has 0 bridgehead atoms. The van der Waals surface area contributed by atoms with Crippen molar-refractivity contribution < 1.29 is 4.39 Å². The fourth-order valence-electron chi connectivity index (χ4n) is 2.07. The highest BCUT2D eigenvalue weighted by atomic mass is 35.5. The van der Waals surface area contributed by atoms with Crippen molar-refractivity contribution in [2.24, 2.45) is 11.1 Å². The van der Waals surface area contributed by atoms with Crippen LogP contribution in [0.2, 0.25) is 5.02 Å². The SMILES string of the molecule is N#CC1(C(N)c2ccc(F)c(Cl)c2)CCC1. The second kappa shape index (κ2) is 4.04. The summed E-state index contributed by atoms with van der Waals surface area (Å²) in [5.74, 6) is -0.461. The van der Waals surface area contributed by atoms with E-state index < -0.39 is 11.2 Å². The standard InChI is InChI=1S/C12H12ClFN2/c13-9-6-8(2-3-10(9)14)11(16)12(7-15)4-1-5-12/h2-3,6,11H,1,4-5,16H2. The van der Waals surface area contributed by atoms with E-state index in [4.69, 9.17) is 22.6 Å². The van der Waals surface area contributed by atoms with E-state index in [0.717, 1.165) is 24.8 Å². The van der Waals surface area contributed by atoms with Gasteiger partial charge in [0.05, 0.1) is 16.5 Å². The van der Waals surface area contributed by atoms with Crippen molar-refractivity contribution in [3.05, 3.63) is 34.6 Å². The highest BCUT2D eigenvalue weighted by Gasteiger charge is 2.43. The number of nitriles is 1. The third kappa shape index (κ3) is 1.68. The van der Waals surface area contributed by atoms with Crippen molar-refractivity contribution >= 4 is 11.6 Å². The van der Waals surface area contributed by atoms with Gasteiger partial charge in [-0.25, -0.2) is 4.39 Å². The minimum atomic E-state index is -0.485. The molecule has 1 aromatic carbocycles. The molecule has 2 nitrogen and oxygen atoms in total. The number of benzene rings is 1. The summed E-state index contributed by atoms with van der Waals surface area (Å²) in [6, 6.07) is 6.31. The van der Waals surface area contributed by atoms with Crippen molar-refractivity contribution in [1.29, 1.82) is 5.26 Å². The molecule has 0 aromatic heterocycles. The Morgan fingerprint density at radius 2 is 2.19 bits per heavy atom. The normalized spacial score (nSPS) is 19.6. The van der Waals surface area contributed by atoms with Gasteiger partial charge in [0.15, 0.2) is 0 Å². The van der Waals surface area contributed by atoms with Gasteiger partial charge in [-0.05, 0) is 30.5 Å². The molecule has 2 N–H and O–H groups in total. The molecular formula is C12H12ClFN2. The molecule has 84 valence electrons. The van der Waals surface area contributed by atoms with Crippen molar-refractivity contribution in [3.8, 4) is 6.07 Å². The Hall–Kier alpha value is -1.11. The molecule has 1 fully saturated rings. The van der Waals surface area contributed by atoms with Gasteiger partial charge in [0, 0.05) is 6.04 Å². The molecule has 1 unspecified atom stereocenters. The van der Waals surface area contributed by atoms with Crippen LogP contribution in [0.5, 0.6) is 0 Å². The van der Waals surface area contributed by atoms with Gasteiger partial charge in [-0.2, -0.15) is 5.26 Å². The Kier molecular flexibility index (Phi) is 2.88. The summed E-state index contributed by atoms with van der Waals surface area (Å²) in [5.41, 5.74) is 6.31. The van der Waals surface area contributed by atoms with Gasteiger partial charge in [-0.15, -0.1) is 0 Å². The van der Waals surface area contributed by atoms with Gasteiger partial charge < -0.3 is 5.73 Å². The van der Waals surface area contributed by atoms with Crippen LogP contribution in [0, 0.1) is 22.6 Å². The largest absolute Gasteiger partial charge is 0.323 e. The smallest absolute Gasteiger partial charge is 0.141 e. The molecule has 1 aromatic rings. The van der Waals surface area contributed by atoms with E-state index in [2.05, 4.69) is 6.07 Å². The molecule has 4 heteroatoms. The highest BCUT2D eigenvalue weighted by Crippen LogP contribution is 2.48. The maximum absolute atomic E-state index is 13.0. The number of hydrogen-bond donors (Lipinski definition) is 1. The molecule has 16 heavy (non-hydrogen) atoms. The quantitative estimate of drug-likeness (QED) is 0.860. The first-order chi connectivity index (χ1) is 7.59. The zero-order valence-corrected chi connectivity index (χ0v) is 9.47. The van der Waals surface area contributed by atoms with Crippen molar-refractivity contribution in [1.82, 2.24) is 0 Å². The van der Waals surface area contributed by atoms with E-state index in [-0.39, 0.29) is 11.1 Å². The monoisotopic (exact) mass is 238 g/mol. The van der Waals surface area contributed by atoms with Gasteiger partial charge in [0.25, 0.3) is 0 Å². The number of halogens is 2. The summed E-state index contributed by atoms with van der Waals surface area (Å²) < 4.78 is 13.0. The highest BCUT2D eigenvalue weighted by molar-refractivity contribution is 6.30. The Morgan fingerprint density at radius 3 is 2.62 bits per heavy atom. The number of nitrogens with two attached hydrogens (primary N) is 1. The molecule has 1 saturated carbocycles. The van der Waals surface area contributed by atoms with E-state index in [0.29, 0.717) is 0 Å². The molecule has 2 rings (SSSR count). The molecule has 0 amide bonds. The molecule has 1 aliphatic rings. The summed E-state index contributed by atoms with van der Waals surface area (Å²) in [6.45, 7) is 0. The fourth-order valence-corrected chi connectivity index (χ4v) is 2.26. The summed E-state index contributed by atoms with van der Waals surface area (Å²) >= 11 is 5.70. The van der Waals surface area contributed by atoms with Crippen molar-refractivity contribution in [2.75, 3.05) is 0 Å². The molecule has 0 radical (unpaired) electrons. The Bertz CT molecular complexity index is 449. The Balaban J connectivity index is 2.31. The lowest BCUT2D eigenvalue weighted by molar-refractivity contribution is 0.169. The van der Waals surface area contributed by atoms with Crippen molar-refractivity contribution in [3.63, 3.8) is 0 Å². The van der Waals surface area contributed by atoms with E-state index in [1.54, 1.807) is 6.07 Å². The first-order valence-corrected chi connectivity index (χ1v) is 5.59. The maximum Gasteiger partial charge on any atom is 0.141 e. The van der Waals surface area contributed by atoms with Gasteiger partial charge in [0.2, 0.25) is 0 Å². The van der Waals surface area contributed by atoms with Crippen LogP contribution in [0.3, 0.4) is 0 Å². The zero-order valence-electron chi connectivity index (χ0n) is 8.71. The summed E-state index contributed by atoms with van der Waals surface area (Å²) in [6.07, 6.45) is 2.63. The lowest BCUT2D eigenvalue weighted by Crippen LogP contribution is -2.39. The van der Waals surface area contributed by atoms with Crippen LogP contribution in [0.1, 0.15) is 30.9 Å². The number of rotatable bonds is 2. The van der Waals surface area contributed by atoms with Crippen LogP contribution in [0.15, 0.2) is 18.2 Å². The minimum Gasteiger partial charge on any atom is -0.323 e. The van der Waals surface area contributed by atoms with E-state index in [1.165, 1.54) is 12.1 Å². The molecule has 1 aliphatic carbocycles. The van der Waals surface area contributed by atoms with E-state index >= 15 is 0 Å². The third-order valence-electron chi connectivity index (χ3n) is 3.37. The average Bonchev–Trinajstić information content (AvgIpc) is 2.21. The first kappa shape index (κ1) is 11.4. The summed E-state index contributed by atoms with van der Waals surface area (Å²) in [4.78, 5) is 0. The second-order valence-corrected chi connectivity index (χ2v) is 4.68. The molecule has 0 heterocycles. The van der Waals surface area contributed by atoms with E-state index in [1.807, 2.05) is 0 Å². The number of hydrogen-bond acceptors (Lipinski definition) is 2. The predicted molar refractivity (Wildman–Crippen MR) is 60.2 cm³/mol. The predicted octanol–water partition coefficient (Wildman–Crippen LogP) is 3.17. The zero-order chi connectivity index (χ0) is 11.8. The van der Waals surface area contributed by atoms with Gasteiger partial charge in [-0.3, -0.25) is 0 Å². The van der Waals surface area contributed by atoms with Crippen LogP contribution in [0.4, 0.5) is 4.39 Å². The van der Waals surface area contributed by atoms with Gasteiger partial charge in [-0.1, -0.05) is 24.1 Å². The van der Waals surface area contributed by atoms with Crippen LogP contribution in [-0.4, -0.2) is 0 Å². The lowest BCUT2D eigenvalue weighted by Gasteiger charge is -2.40. The van der Waals surface area contributed by atoms with Crippen molar-refractivity contribution in [2.45, 2.75) is 25.3 Å². The first-order valence-electron chi connectivity index (χ1n) is 5.21. The maximum atomic E-state index is 13.0. The minimum absolute atomic E-state index is 0.0559. The third-order valence-corrected chi connectivity index (χ3v) is 3.66. The Labute approximate surface area is 98.8 Å². The lowest BCUT2D eigenvalue weighted by atomic mass is 9.64. The Morgan fingerprint density at radius 1 is 1.50 bits per heavy atom. The molecule has 0 spiro atoms. The summed E-state index contributed by atoms with van der Waals surface area (Å²) in [7, 11) is 0. The molecule has 1 atom stereocenters. The molecule has 0 saturated heterocycles. The van der Waals surface area contributed by atoms with Crippen LogP contribution in [0.25, 0.3) is 0 Å². The van der Waals surface area contributed by atoms with Gasteiger partial charge in [0.1, 0.15) is 5.82 Å². The van der Waals surface area contributed by atoms with Crippen LogP contribution < -0.4 is 5.73 Å². The van der Waals surface area contributed by atoms with Gasteiger partial charge >= 0.3 is 0 Å².